The number of unbranched alkanes of at least 4 members (excludes halogenated alkanes) is 1. The molecule has 0 aliphatic carbocycles. The van der Waals surface area contributed by atoms with Crippen molar-refractivity contribution < 1.29 is 0 Å². The Labute approximate surface area is 80.1 Å². The van der Waals surface area contributed by atoms with E-state index < -0.39 is 0 Å². The molecule has 3 heteroatoms. The number of hydrogen-bond acceptors (Lipinski definition) is 2. The third kappa shape index (κ3) is 3.59. The molecule has 1 heterocycles. The first-order valence-electron chi connectivity index (χ1n) is 5.09. The predicted octanol–water partition coefficient (Wildman–Crippen LogP) is 1.79. The molecule has 0 aliphatic heterocycles. The van der Waals surface area contributed by atoms with E-state index in [2.05, 4.69) is 30.3 Å². The lowest BCUT2D eigenvalue weighted by molar-refractivity contribution is 0.604. The first-order chi connectivity index (χ1) is 6.36. The third-order valence-electron chi connectivity index (χ3n) is 2.03. The number of nitrogens with one attached hydrogen (secondary N) is 1. The molecular weight excluding hydrogens is 162 g/mol. The minimum absolute atomic E-state index is 0.896. The highest BCUT2D eigenvalue weighted by Crippen LogP contribution is 1.95. The van der Waals surface area contributed by atoms with Crippen molar-refractivity contribution in [1.82, 2.24) is 15.1 Å². The van der Waals surface area contributed by atoms with Crippen molar-refractivity contribution in [1.29, 1.82) is 0 Å². The molecule has 0 saturated heterocycles. The van der Waals surface area contributed by atoms with Gasteiger partial charge in [0, 0.05) is 19.3 Å². The zero-order chi connectivity index (χ0) is 9.52. The lowest BCUT2D eigenvalue weighted by atomic mass is 10.3. The van der Waals surface area contributed by atoms with Gasteiger partial charge in [0.25, 0.3) is 0 Å². The van der Waals surface area contributed by atoms with Gasteiger partial charge in [0.05, 0.1) is 5.69 Å². The van der Waals surface area contributed by atoms with Crippen molar-refractivity contribution in [2.45, 2.75) is 39.8 Å². The van der Waals surface area contributed by atoms with Gasteiger partial charge in [-0.2, -0.15) is 5.10 Å². The average Bonchev–Trinajstić information content (AvgIpc) is 2.60. The summed E-state index contributed by atoms with van der Waals surface area (Å²) in [6.07, 6.45) is 4.52. The molecule has 1 N–H and O–H groups in total. The van der Waals surface area contributed by atoms with E-state index in [0.717, 1.165) is 25.3 Å². The molecule has 74 valence electrons. The normalized spacial score (nSPS) is 10.6. The summed E-state index contributed by atoms with van der Waals surface area (Å²) >= 11 is 0. The van der Waals surface area contributed by atoms with Gasteiger partial charge in [0.1, 0.15) is 0 Å². The summed E-state index contributed by atoms with van der Waals surface area (Å²) in [7, 11) is 0. The van der Waals surface area contributed by atoms with E-state index in [1.54, 1.807) is 0 Å². The van der Waals surface area contributed by atoms with Crippen LogP contribution in [0.15, 0.2) is 12.3 Å². The fourth-order valence-corrected chi connectivity index (χ4v) is 1.19. The topological polar surface area (TPSA) is 29.9 Å². The summed E-state index contributed by atoms with van der Waals surface area (Å²) < 4.78 is 1.96. The van der Waals surface area contributed by atoms with Gasteiger partial charge in [-0.25, -0.2) is 0 Å². The minimum atomic E-state index is 0.896. The highest BCUT2D eigenvalue weighted by molar-refractivity contribution is 4.98. The molecule has 0 saturated carbocycles. The van der Waals surface area contributed by atoms with Gasteiger partial charge in [-0.3, -0.25) is 4.68 Å². The van der Waals surface area contributed by atoms with E-state index >= 15 is 0 Å². The van der Waals surface area contributed by atoms with Crippen molar-refractivity contribution in [2.24, 2.45) is 0 Å². The summed E-state index contributed by atoms with van der Waals surface area (Å²) in [5, 5.41) is 7.74. The molecule has 0 unspecified atom stereocenters. The van der Waals surface area contributed by atoms with Crippen molar-refractivity contribution in [3.05, 3.63) is 18.0 Å². The summed E-state index contributed by atoms with van der Waals surface area (Å²) in [4.78, 5) is 0. The fourth-order valence-electron chi connectivity index (χ4n) is 1.19. The maximum atomic E-state index is 4.38. The third-order valence-corrected chi connectivity index (χ3v) is 2.03. The molecule has 0 bridgehead atoms. The second-order valence-corrected chi connectivity index (χ2v) is 3.19. The van der Waals surface area contributed by atoms with Crippen LogP contribution < -0.4 is 5.32 Å². The second kappa shape index (κ2) is 5.75. The molecule has 1 aromatic rings. The van der Waals surface area contributed by atoms with Crippen molar-refractivity contribution in [3.63, 3.8) is 0 Å². The molecule has 0 aliphatic rings. The molecule has 1 aromatic heterocycles. The van der Waals surface area contributed by atoms with E-state index in [-0.39, 0.29) is 0 Å². The predicted molar refractivity (Wildman–Crippen MR) is 54.5 cm³/mol. The van der Waals surface area contributed by atoms with Crippen LogP contribution in [0.1, 0.15) is 32.4 Å². The SMILES string of the molecule is CCCCNCc1ccn(CC)n1. The van der Waals surface area contributed by atoms with Gasteiger partial charge in [-0.05, 0) is 26.0 Å². The van der Waals surface area contributed by atoms with E-state index in [0.29, 0.717) is 0 Å². The Morgan fingerprint density at radius 2 is 2.31 bits per heavy atom. The molecule has 0 fully saturated rings. The van der Waals surface area contributed by atoms with Gasteiger partial charge in [-0.1, -0.05) is 13.3 Å². The van der Waals surface area contributed by atoms with Crippen molar-refractivity contribution in [2.75, 3.05) is 6.54 Å². The monoisotopic (exact) mass is 181 g/mol. The van der Waals surface area contributed by atoms with E-state index in [4.69, 9.17) is 0 Å². The van der Waals surface area contributed by atoms with Crippen LogP contribution in [0.5, 0.6) is 0 Å². The Balaban J connectivity index is 2.20. The van der Waals surface area contributed by atoms with Crippen LogP contribution in [0, 0.1) is 0 Å². The first-order valence-corrected chi connectivity index (χ1v) is 5.09. The molecule has 0 aromatic carbocycles. The minimum Gasteiger partial charge on any atom is -0.311 e. The lowest BCUT2D eigenvalue weighted by Gasteiger charge is -2.00. The first kappa shape index (κ1) is 10.3. The largest absolute Gasteiger partial charge is 0.311 e. The van der Waals surface area contributed by atoms with Crippen LogP contribution in [0.2, 0.25) is 0 Å². The van der Waals surface area contributed by atoms with Gasteiger partial charge in [-0.15, -0.1) is 0 Å². The van der Waals surface area contributed by atoms with Gasteiger partial charge in [0.2, 0.25) is 0 Å². The molecule has 13 heavy (non-hydrogen) atoms. The number of nitrogens with zero attached hydrogens (tertiary/aromatic N) is 2. The van der Waals surface area contributed by atoms with E-state index in [1.165, 1.54) is 12.8 Å². The zero-order valence-corrected chi connectivity index (χ0v) is 8.58. The number of rotatable bonds is 6. The highest BCUT2D eigenvalue weighted by atomic mass is 15.3. The van der Waals surface area contributed by atoms with E-state index in [9.17, 15) is 0 Å². The van der Waals surface area contributed by atoms with Crippen LogP contribution in [0.4, 0.5) is 0 Å². The summed E-state index contributed by atoms with van der Waals surface area (Å²) in [5.41, 5.74) is 1.14. The molecule has 0 amide bonds. The van der Waals surface area contributed by atoms with Crippen LogP contribution >= 0.6 is 0 Å². The number of aromatic nitrogens is 2. The average molecular weight is 181 g/mol. The fraction of sp³-hybridized carbons (Fsp3) is 0.700. The highest BCUT2D eigenvalue weighted by Gasteiger charge is 1.95. The van der Waals surface area contributed by atoms with E-state index in [1.807, 2.05) is 10.9 Å². The zero-order valence-electron chi connectivity index (χ0n) is 8.58. The molecule has 1 rings (SSSR count). The molecular formula is C10H19N3. The smallest absolute Gasteiger partial charge is 0.0762 e. The maximum Gasteiger partial charge on any atom is 0.0762 e. The molecule has 0 atom stereocenters. The Kier molecular flexibility index (Phi) is 4.54. The quantitative estimate of drug-likeness (QED) is 0.678. The Morgan fingerprint density at radius 3 is 2.92 bits per heavy atom. The summed E-state index contributed by atoms with van der Waals surface area (Å²) in [6.45, 7) is 7.24. The van der Waals surface area contributed by atoms with Gasteiger partial charge >= 0.3 is 0 Å². The standard InChI is InChI=1S/C10H19N3/c1-3-5-7-11-9-10-6-8-13(4-2)12-10/h6,8,11H,3-5,7,9H2,1-2H3. The van der Waals surface area contributed by atoms with Crippen LogP contribution in [-0.4, -0.2) is 16.3 Å². The summed E-state index contributed by atoms with van der Waals surface area (Å²) in [5.74, 6) is 0. The Bertz CT molecular complexity index is 230. The van der Waals surface area contributed by atoms with Crippen LogP contribution in [-0.2, 0) is 13.1 Å². The maximum absolute atomic E-state index is 4.38. The van der Waals surface area contributed by atoms with Crippen LogP contribution in [0.25, 0.3) is 0 Å². The Hall–Kier alpha value is -0.830. The van der Waals surface area contributed by atoms with Crippen LogP contribution in [0.3, 0.4) is 0 Å². The molecule has 3 nitrogen and oxygen atoms in total. The second-order valence-electron chi connectivity index (χ2n) is 3.19. The summed E-state index contributed by atoms with van der Waals surface area (Å²) in [6, 6.07) is 2.07. The van der Waals surface area contributed by atoms with Crippen molar-refractivity contribution >= 4 is 0 Å². The lowest BCUT2D eigenvalue weighted by Crippen LogP contribution is -2.15. The van der Waals surface area contributed by atoms with Gasteiger partial charge in [0.15, 0.2) is 0 Å². The molecule has 0 radical (unpaired) electrons. The number of hydrogen-bond donors (Lipinski definition) is 1. The Morgan fingerprint density at radius 1 is 1.46 bits per heavy atom. The van der Waals surface area contributed by atoms with Gasteiger partial charge < -0.3 is 5.32 Å². The molecule has 0 spiro atoms. The number of aryl methyl sites for hydroxylation is 1. The van der Waals surface area contributed by atoms with Crippen molar-refractivity contribution in [3.8, 4) is 0 Å².